The van der Waals surface area contributed by atoms with Gasteiger partial charge >= 0.3 is 0 Å². The van der Waals surface area contributed by atoms with E-state index in [9.17, 15) is 14.0 Å². The standard InChI is InChI=1S/C19H17FN4O3S2/c1-2-27-15-9-7-14(8-10-15)21-16(25)11-28-19-24-23-18(29-19)22-17(26)12-3-5-13(20)6-4-12/h3-10H,2,11H2,1H3,(H,21,25)(H,22,23,26). The van der Waals surface area contributed by atoms with E-state index in [0.29, 0.717) is 27.3 Å². The van der Waals surface area contributed by atoms with Gasteiger partial charge in [0, 0.05) is 11.3 Å². The molecule has 0 spiro atoms. The molecule has 0 saturated carbocycles. The lowest BCUT2D eigenvalue weighted by Crippen LogP contribution is -2.13. The first-order chi connectivity index (χ1) is 14.0. The number of ether oxygens (including phenoxy) is 1. The Bertz CT molecular complexity index is 978. The Labute approximate surface area is 174 Å². The van der Waals surface area contributed by atoms with E-state index in [1.54, 1.807) is 24.3 Å². The van der Waals surface area contributed by atoms with E-state index in [4.69, 9.17) is 4.74 Å². The van der Waals surface area contributed by atoms with E-state index < -0.39 is 11.7 Å². The number of nitrogens with one attached hydrogen (secondary N) is 2. The molecule has 0 aliphatic carbocycles. The first-order valence-electron chi connectivity index (χ1n) is 8.59. The second kappa shape index (κ2) is 9.99. The van der Waals surface area contributed by atoms with Crippen LogP contribution in [0.1, 0.15) is 17.3 Å². The number of rotatable bonds is 8. The molecule has 2 aromatic carbocycles. The van der Waals surface area contributed by atoms with Gasteiger partial charge in [0.15, 0.2) is 4.34 Å². The number of hydrogen-bond donors (Lipinski definition) is 2. The third kappa shape index (κ3) is 6.26. The van der Waals surface area contributed by atoms with Crippen LogP contribution in [0.2, 0.25) is 0 Å². The number of anilines is 2. The molecule has 0 fully saturated rings. The largest absolute Gasteiger partial charge is 0.494 e. The van der Waals surface area contributed by atoms with Crippen molar-refractivity contribution in [2.45, 2.75) is 11.3 Å². The average molecular weight is 433 g/mol. The van der Waals surface area contributed by atoms with Gasteiger partial charge in [0.25, 0.3) is 5.91 Å². The summed E-state index contributed by atoms with van der Waals surface area (Å²) in [5, 5.41) is 13.5. The van der Waals surface area contributed by atoms with Crippen LogP contribution >= 0.6 is 23.1 Å². The van der Waals surface area contributed by atoms with E-state index in [0.717, 1.165) is 17.1 Å². The number of nitrogens with zero attached hydrogens (tertiary/aromatic N) is 2. The zero-order valence-corrected chi connectivity index (χ0v) is 17.0. The Morgan fingerprint density at radius 3 is 2.48 bits per heavy atom. The van der Waals surface area contributed by atoms with Crippen molar-refractivity contribution in [2.24, 2.45) is 0 Å². The zero-order chi connectivity index (χ0) is 20.6. The number of carbonyl (C=O) groups excluding carboxylic acids is 2. The summed E-state index contributed by atoms with van der Waals surface area (Å²) in [6, 6.07) is 12.3. The van der Waals surface area contributed by atoms with E-state index in [2.05, 4.69) is 20.8 Å². The lowest BCUT2D eigenvalue weighted by atomic mass is 10.2. The second-order valence-electron chi connectivity index (χ2n) is 5.63. The lowest BCUT2D eigenvalue weighted by molar-refractivity contribution is -0.113. The zero-order valence-electron chi connectivity index (χ0n) is 15.3. The fourth-order valence-corrected chi connectivity index (χ4v) is 3.76. The van der Waals surface area contributed by atoms with Crippen LogP contribution in [-0.2, 0) is 4.79 Å². The average Bonchev–Trinajstić information content (AvgIpc) is 3.16. The molecule has 0 unspecified atom stereocenters. The summed E-state index contributed by atoms with van der Waals surface area (Å²) in [4.78, 5) is 24.2. The molecule has 1 heterocycles. The Kier molecular flexibility index (Phi) is 7.14. The van der Waals surface area contributed by atoms with Crippen LogP contribution in [0.5, 0.6) is 5.75 Å². The summed E-state index contributed by atoms with van der Waals surface area (Å²) in [5.41, 5.74) is 0.981. The predicted molar refractivity (Wildman–Crippen MR) is 111 cm³/mol. The maximum absolute atomic E-state index is 12.9. The molecular weight excluding hydrogens is 415 g/mol. The molecule has 2 amide bonds. The van der Waals surface area contributed by atoms with Crippen LogP contribution in [0, 0.1) is 5.82 Å². The van der Waals surface area contributed by atoms with Crippen molar-refractivity contribution in [1.29, 1.82) is 0 Å². The molecule has 10 heteroatoms. The first-order valence-corrected chi connectivity index (χ1v) is 10.4. The van der Waals surface area contributed by atoms with Crippen molar-refractivity contribution in [3.63, 3.8) is 0 Å². The molecule has 0 saturated heterocycles. The topological polar surface area (TPSA) is 93.2 Å². The van der Waals surface area contributed by atoms with Crippen molar-refractivity contribution in [3.05, 3.63) is 59.9 Å². The second-order valence-corrected chi connectivity index (χ2v) is 7.83. The van der Waals surface area contributed by atoms with Gasteiger partial charge in [0.1, 0.15) is 11.6 Å². The summed E-state index contributed by atoms with van der Waals surface area (Å²) in [6.45, 7) is 2.48. The molecule has 150 valence electrons. The highest BCUT2D eigenvalue weighted by Crippen LogP contribution is 2.26. The smallest absolute Gasteiger partial charge is 0.257 e. The van der Waals surface area contributed by atoms with Gasteiger partial charge in [0.05, 0.1) is 12.4 Å². The number of thioether (sulfide) groups is 1. The molecule has 0 aliphatic heterocycles. The minimum Gasteiger partial charge on any atom is -0.494 e. The van der Waals surface area contributed by atoms with Crippen molar-refractivity contribution >= 4 is 45.7 Å². The maximum atomic E-state index is 12.9. The van der Waals surface area contributed by atoms with E-state index in [1.165, 1.54) is 36.0 Å². The normalized spacial score (nSPS) is 10.4. The van der Waals surface area contributed by atoms with Gasteiger partial charge in [-0.3, -0.25) is 14.9 Å². The van der Waals surface area contributed by atoms with Crippen molar-refractivity contribution in [2.75, 3.05) is 23.0 Å². The molecule has 3 rings (SSSR count). The Hall–Kier alpha value is -2.98. The van der Waals surface area contributed by atoms with Crippen LogP contribution in [0.3, 0.4) is 0 Å². The predicted octanol–water partition coefficient (Wildman–Crippen LogP) is 4.06. The minimum atomic E-state index is -0.417. The van der Waals surface area contributed by atoms with Crippen LogP contribution < -0.4 is 15.4 Å². The van der Waals surface area contributed by atoms with Crippen molar-refractivity contribution < 1.29 is 18.7 Å². The molecule has 0 radical (unpaired) electrons. The van der Waals surface area contributed by atoms with Gasteiger partial charge in [-0.25, -0.2) is 4.39 Å². The molecule has 0 bridgehead atoms. The highest BCUT2D eigenvalue weighted by Gasteiger charge is 2.12. The first kappa shape index (κ1) is 20.7. The molecule has 7 nitrogen and oxygen atoms in total. The Balaban J connectivity index is 1.47. The van der Waals surface area contributed by atoms with E-state index in [-0.39, 0.29) is 11.7 Å². The van der Waals surface area contributed by atoms with Crippen molar-refractivity contribution in [1.82, 2.24) is 10.2 Å². The van der Waals surface area contributed by atoms with Crippen molar-refractivity contribution in [3.8, 4) is 5.75 Å². The highest BCUT2D eigenvalue weighted by atomic mass is 32.2. The Morgan fingerprint density at radius 2 is 1.79 bits per heavy atom. The van der Waals surface area contributed by atoms with Crippen LogP contribution in [0.25, 0.3) is 0 Å². The molecule has 29 heavy (non-hydrogen) atoms. The lowest BCUT2D eigenvalue weighted by Gasteiger charge is -2.06. The number of benzene rings is 2. The third-order valence-corrected chi connectivity index (χ3v) is 5.48. The fourth-order valence-electron chi connectivity index (χ4n) is 2.21. The van der Waals surface area contributed by atoms with Crippen LogP contribution in [0.15, 0.2) is 52.9 Å². The Morgan fingerprint density at radius 1 is 1.07 bits per heavy atom. The van der Waals surface area contributed by atoms with Gasteiger partial charge in [-0.15, -0.1) is 10.2 Å². The summed E-state index contributed by atoms with van der Waals surface area (Å²) in [5.74, 6) is -0.130. The maximum Gasteiger partial charge on any atom is 0.257 e. The summed E-state index contributed by atoms with van der Waals surface area (Å²) >= 11 is 2.36. The van der Waals surface area contributed by atoms with Crippen LogP contribution in [0.4, 0.5) is 15.2 Å². The number of hydrogen-bond acceptors (Lipinski definition) is 7. The summed E-state index contributed by atoms with van der Waals surface area (Å²) in [7, 11) is 0. The van der Waals surface area contributed by atoms with E-state index >= 15 is 0 Å². The quantitative estimate of drug-likeness (QED) is 0.412. The van der Waals surface area contributed by atoms with Gasteiger partial charge in [-0.2, -0.15) is 0 Å². The molecule has 1 aromatic heterocycles. The number of carbonyl (C=O) groups is 2. The van der Waals surface area contributed by atoms with Gasteiger partial charge in [-0.05, 0) is 55.5 Å². The fraction of sp³-hybridized carbons (Fsp3) is 0.158. The number of halogens is 1. The summed E-state index contributed by atoms with van der Waals surface area (Å²) < 4.78 is 18.8. The molecule has 3 aromatic rings. The minimum absolute atomic E-state index is 0.147. The van der Waals surface area contributed by atoms with Gasteiger partial charge in [-0.1, -0.05) is 23.1 Å². The number of aromatic nitrogens is 2. The molecule has 2 N–H and O–H groups in total. The molecular formula is C19H17FN4O3S2. The van der Waals surface area contributed by atoms with E-state index in [1.807, 2.05) is 6.92 Å². The van der Waals surface area contributed by atoms with Crippen LogP contribution in [-0.4, -0.2) is 34.4 Å². The van der Waals surface area contributed by atoms with Gasteiger partial charge < -0.3 is 10.1 Å². The highest BCUT2D eigenvalue weighted by molar-refractivity contribution is 8.01. The molecule has 0 atom stereocenters. The van der Waals surface area contributed by atoms with Gasteiger partial charge in [0.2, 0.25) is 11.0 Å². The monoisotopic (exact) mass is 432 g/mol. The number of amides is 2. The SMILES string of the molecule is CCOc1ccc(NC(=O)CSc2nnc(NC(=O)c3ccc(F)cc3)s2)cc1. The summed E-state index contributed by atoms with van der Waals surface area (Å²) in [6.07, 6.45) is 0. The third-order valence-electron chi connectivity index (χ3n) is 3.51. The molecule has 0 aliphatic rings.